The Hall–Kier alpha value is -4.23. The van der Waals surface area contributed by atoms with Crippen LogP contribution < -0.4 is 4.74 Å². The van der Waals surface area contributed by atoms with Crippen LogP contribution >= 0.6 is 0 Å². The van der Waals surface area contributed by atoms with Gasteiger partial charge in [-0.05, 0) is 48.9 Å². The molecule has 0 radical (unpaired) electrons. The molecule has 0 spiro atoms. The van der Waals surface area contributed by atoms with Crippen molar-refractivity contribution < 1.29 is 19.0 Å². The minimum Gasteiger partial charge on any atom is -0.457 e. The molecule has 1 atom stereocenters. The van der Waals surface area contributed by atoms with Gasteiger partial charge >= 0.3 is 0 Å². The maximum absolute atomic E-state index is 14.7. The van der Waals surface area contributed by atoms with Crippen molar-refractivity contribution in [2.24, 2.45) is 0 Å². The fourth-order valence-corrected chi connectivity index (χ4v) is 3.84. The van der Waals surface area contributed by atoms with Gasteiger partial charge in [0.1, 0.15) is 28.7 Å². The highest BCUT2D eigenvalue weighted by Crippen LogP contribution is 2.34. The lowest BCUT2D eigenvalue weighted by molar-refractivity contribution is 0.0979. The smallest absolute Gasteiger partial charge is 0.154 e. The molecule has 164 valence electrons. The number of halogens is 1. The summed E-state index contributed by atoms with van der Waals surface area (Å²) in [5.41, 5.74) is 1.07. The molecule has 0 aliphatic rings. The Morgan fingerprint density at radius 2 is 1.88 bits per heavy atom. The summed E-state index contributed by atoms with van der Waals surface area (Å²) in [6, 6.07) is 18.7. The van der Waals surface area contributed by atoms with Crippen molar-refractivity contribution in [1.29, 1.82) is 0 Å². The average Bonchev–Trinajstić information content (AvgIpc) is 3.51. The number of H-pyrrole nitrogens is 2. The van der Waals surface area contributed by atoms with Crippen molar-refractivity contribution in [2.75, 3.05) is 0 Å². The number of hydrogen-bond donors (Lipinski definition) is 3. The number of aromatic nitrogens is 3. The number of fused-ring (bicyclic) bond motifs is 1. The molecule has 0 bridgehead atoms. The van der Waals surface area contributed by atoms with Crippen LogP contribution in [0.4, 0.5) is 4.39 Å². The Labute approximate surface area is 188 Å². The maximum Gasteiger partial charge on any atom is 0.154 e. The molecule has 0 aliphatic carbocycles. The van der Waals surface area contributed by atoms with Gasteiger partial charge in [-0.2, -0.15) is 0 Å². The van der Waals surface area contributed by atoms with E-state index in [1.165, 1.54) is 18.2 Å². The lowest BCUT2D eigenvalue weighted by Crippen LogP contribution is -2.23. The lowest BCUT2D eigenvalue weighted by atomic mass is 9.93. The van der Waals surface area contributed by atoms with E-state index in [1.807, 2.05) is 24.3 Å². The summed E-state index contributed by atoms with van der Waals surface area (Å²) in [6.07, 6.45) is 4.04. The van der Waals surface area contributed by atoms with Crippen LogP contribution in [-0.2, 0) is 5.60 Å². The van der Waals surface area contributed by atoms with E-state index in [0.717, 1.165) is 17.2 Å². The normalized spacial score (nSPS) is 13.1. The highest BCUT2D eigenvalue weighted by molar-refractivity contribution is 5.99. The molecule has 1 unspecified atom stereocenters. The van der Waals surface area contributed by atoms with Gasteiger partial charge in [-0.25, -0.2) is 9.37 Å². The Morgan fingerprint density at radius 1 is 1.06 bits per heavy atom. The Morgan fingerprint density at radius 3 is 2.67 bits per heavy atom. The third-order valence-corrected chi connectivity index (χ3v) is 5.69. The van der Waals surface area contributed by atoms with Crippen molar-refractivity contribution in [1.82, 2.24) is 15.0 Å². The molecule has 0 amide bonds. The minimum absolute atomic E-state index is 0.179. The molecular formula is C26H20FN3O3. The number of hydrogen-bond acceptors (Lipinski definition) is 4. The molecule has 2 aromatic heterocycles. The Bertz CT molecular complexity index is 1450. The zero-order valence-corrected chi connectivity index (χ0v) is 17.7. The number of benzene rings is 3. The second kappa shape index (κ2) is 8.03. The summed E-state index contributed by atoms with van der Waals surface area (Å²) in [5.74, 6) is 0.458. The van der Waals surface area contributed by atoms with Gasteiger partial charge in [0.2, 0.25) is 0 Å². The monoisotopic (exact) mass is 441 g/mol. The van der Waals surface area contributed by atoms with Crippen molar-refractivity contribution in [2.45, 2.75) is 12.5 Å². The van der Waals surface area contributed by atoms with E-state index >= 15 is 0 Å². The van der Waals surface area contributed by atoms with Gasteiger partial charge < -0.3 is 19.8 Å². The molecule has 5 aromatic rings. The molecule has 33 heavy (non-hydrogen) atoms. The summed E-state index contributed by atoms with van der Waals surface area (Å²) >= 11 is 0. The van der Waals surface area contributed by atoms with Gasteiger partial charge in [0.15, 0.2) is 6.29 Å². The highest BCUT2D eigenvalue weighted by atomic mass is 19.1. The maximum atomic E-state index is 14.7. The largest absolute Gasteiger partial charge is 0.457 e. The quantitative estimate of drug-likeness (QED) is 0.301. The van der Waals surface area contributed by atoms with Crippen LogP contribution in [0.25, 0.3) is 22.3 Å². The zero-order chi connectivity index (χ0) is 23.0. The minimum atomic E-state index is -1.36. The Kier molecular flexibility index (Phi) is 5.03. The molecular weight excluding hydrogens is 421 g/mol. The van der Waals surface area contributed by atoms with Crippen molar-refractivity contribution in [3.63, 3.8) is 0 Å². The third-order valence-electron chi connectivity index (χ3n) is 5.69. The summed E-state index contributed by atoms with van der Waals surface area (Å²) < 4.78 is 20.6. The first-order valence-corrected chi connectivity index (χ1v) is 10.3. The van der Waals surface area contributed by atoms with Crippen molar-refractivity contribution >= 4 is 17.2 Å². The van der Waals surface area contributed by atoms with Crippen LogP contribution in [0.1, 0.15) is 28.5 Å². The molecule has 2 heterocycles. The molecule has 5 rings (SSSR count). The number of carbonyl (C=O) groups excluding carboxylic acids is 1. The van der Waals surface area contributed by atoms with E-state index in [0.29, 0.717) is 28.3 Å². The first-order chi connectivity index (χ1) is 16.0. The van der Waals surface area contributed by atoms with Crippen LogP contribution in [0.2, 0.25) is 0 Å². The first kappa shape index (κ1) is 20.7. The number of carbonyl (C=O) groups is 1. The number of rotatable bonds is 6. The number of aliphatic hydroxyl groups is 1. The van der Waals surface area contributed by atoms with E-state index in [1.54, 1.807) is 43.6 Å². The predicted molar refractivity (Wildman–Crippen MR) is 123 cm³/mol. The molecule has 7 heteroatoms. The molecule has 3 N–H and O–H groups in total. The number of aromatic amines is 2. The zero-order valence-electron chi connectivity index (χ0n) is 17.7. The van der Waals surface area contributed by atoms with Crippen molar-refractivity contribution in [3.05, 3.63) is 102 Å². The molecule has 6 nitrogen and oxygen atoms in total. The first-order valence-electron chi connectivity index (χ1n) is 10.3. The average molecular weight is 441 g/mol. The second-order valence-electron chi connectivity index (χ2n) is 7.85. The molecule has 0 fully saturated rings. The van der Waals surface area contributed by atoms with E-state index < -0.39 is 11.4 Å². The fraction of sp³-hybridized carbons (Fsp3) is 0.0769. The van der Waals surface area contributed by atoms with Crippen LogP contribution in [0.15, 0.2) is 79.1 Å². The summed E-state index contributed by atoms with van der Waals surface area (Å²) in [5, 5.41) is 11.8. The highest BCUT2D eigenvalue weighted by Gasteiger charge is 2.29. The fourth-order valence-electron chi connectivity index (χ4n) is 3.84. The third kappa shape index (κ3) is 3.68. The summed E-state index contributed by atoms with van der Waals surface area (Å²) in [4.78, 5) is 22.1. The molecule has 3 aromatic carbocycles. The predicted octanol–water partition coefficient (Wildman–Crippen LogP) is 5.56. The van der Waals surface area contributed by atoms with E-state index in [-0.39, 0.29) is 11.4 Å². The molecule has 0 saturated carbocycles. The summed E-state index contributed by atoms with van der Waals surface area (Å²) in [7, 11) is 0. The van der Waals surface area contributed by atoms with Crippen LogP contribution in [0.3, 0.4) is 0 Å². The van der Waals surface area contributed by atoms with E-state index in [9.17, 15) is 14.3 Å². The van der Waals surface area contributed by atoms with Gasteiger partial charge in [0.05, 0.1) is 16.8 Å². The van der Waals surface area contributed by atoms with Gasteiger partial charge in [-0.1, -0.05) is 30.3 Å². The van der Waals surface area contributed by atoms with E-state index in [4.69, 9.17) is 4.74 Å². The number of nitrogens with one attached hydrogen (secondary N) is 2. The SMILES string of the molecule is CC(O)(c1ccccc1)c1c[nH]c(-c2cc(Oc3ccc4[nH]ccc4c3C=O)ccc2F)n1. The number of imidazole rings is 1. The van der Waals surface area contributed by atoms with Gasteiger partial charge in [-0.3, -0.25) is 4.79 Å². The van der Waals surface area contributed by atoms with Gasteiger partial charge in [0.25, 0.3) is 0 Å². The van der Waals surface area contributed by atoms with Crippen LogP contribution in [0, 0.1) is 5.82 Å². The summed E-state index contributed by atoms with van der Waals surface area (Å²) in [6.45, 7) is 1.64. The van der Waals surface area contributed by atoms with Gasteiger partial charge in [0, 0.05) is 23.3 Å². The van der Waals surface area contributed by atoms with Crippen LogP contribution in [-0.4, -0.2) is 26.3 Å². The number of aldehydes is 1. The number of nitrogens with zero attached hydrogens (tertiary/aromatic N) is 1. The number of ether oxygens (including phenoxy) is 1. The van der Waals surface area contributed by atoms with E-state index in [2.05, 4.69) is 15.0 Å². The molecule has 0 aliphatic heterocycles. The van der Waals surface area contributed by atoms with Gasteiger partial charge in [-0.15, -0.1) is 0 Å². The Balaban J connectivity index is 1.49. The standard InChI is InChI=1S/C26H20FN3O3/c1-26(32,16-5-3-2-4-6-16)24-14-29-25(30-24)19-13-17(7-8-21(19)27)33-23-10-9-22-18(11-12-28-22)20(23)15-31/h2-15,28,32H,1H3,(H,29,30). The van der Waals surface area contributed by atoms with Crippen molar-refractivity contribution in [3.8, 4) is 22.9 Å². The lowest BCUT2D eigenvalue weighted by Gasteiger charge is -2.21. The topological polar surface area (TPSA) is 91.0 Å². The van der Waals surface area contributed by atoms with Crippen LogP contribution in [0.5, 0.6) is 11.5 Å². The second-order valence-corrected chi connectivity index (χ2v) is 7.85. The molecule has 0 saturated heterocycles.